The van der Waals surface area contributed by atoms with Crippen LogP contribution in [0.2, 0.25) is 0 Å². The van der Waals surface area contributed by atoms with Crippen LogP contribution in [0.15, 0.2) is 24.3 Å². The van der Waals surface area contributed by atoms with Gasteiger partial charge in [-0.1, -0.05) is 6.07 Å². The van der Waals surface area contributed by atoms with Gasteiger partial charge in [0.2, 0.25) is 0 Å². The van der Waals surface area contributed by atoms with Crippen molar-refractivity contribution in [2.75, 3.05) is 0 Å². The number of hydrogen-bond donors (Lipinski definition) is 1. The number of alkyl halides is 1. The normalized spacial score (nSPS) is 13.5. The van der Waals surface area contributed by atoms with E-state index in [4.69, 9.17) is 16.9 Å². The van der Waals surface area contributed by atoms with Crippen molar-refractivity contribution in [2.24, 2.45) is 0 Å². The molecule has 0 aliphatic rings. The van der Waals surface area contributed by atoms with Crippen molar-refractivity contribution in [1.82, 2.24) is 5.32 Å². The molecule has 0 heterocycles. The highest BCUT2D eigenvalue weighted by atomic mass is 35.5. The van der Waals surface area contributed by atoms with Crippen molar-refractivity contribution in [3.63, 3.8) is 0 Å². The number of amides is 1. The second kappa shape index (κ2) is 6.27. The van der Waals surface area contributed by atoms with Gasteiger partial charge in [-0.25, -0.2) is 0 Å². The molecule has 0 fully saturated rings. The summed E-state index contributed by atoms with van der Waals surface area (Å²) in [5.41, 5.74) is 0.981. The summed E-state index contributed by atoms with van der Waals surface area (Å²) in [5.74, 6) is -0.174. The fourth-order valence-electron chi connectivity index (χ4n) is 1.58. The Kier molecular flexibility index (Phi) is 4.99. The lowest BCUT2D eigenvalue weighted by Crippen LogP contribution is -2.33. The molecule has 0 aliphatic heterocycles. The summed E-state index contributed by atoms with van der Waals surface area (Å²) in [5, 5.41) is 11.6. The molecule has 0 bridgehead atoms. The number of nitrogens with one attached hydrogen (secondary N) is 1. The summed E-state index contributed by atoms with van der Waals surface area (Å²) < 4.78 is 0. The lowest BCUT2D eigenvalue weighted by molar-refractivity contribution is 0.0938. The third-order valence-corrected chi connectivity index (χ3v) is 2.49. The molecule has 1 N–H and O–H groups in total. The van der Waals surface area contributed by atoms with Crippen LogP contribution in [-0.4, -0.2) is 17.3 Å². The Labute approximate surface area is 106 Å². The molecule has 0 spiro atoms. The molecular formula is C13H15ClN2O. The number of benzene rings is 1. The lowest BCUT2D eigenvalue weighted by atomic mass is 10.1. The molecule has 1 aromatic rings. The van der Waals surface area contributed by atoms with E-state index in [2.05, 4.69) is 5.32 Å². The second-order valence-electron chi connectivity index (χ2n) is 4.08. The summed E-state index contributed by atoms with van der Waals surface area (Å²) in [6.45, 7) is 3.80. The van der Waals surface area contributed by atoms with Gasteiger partial charge in [-0.15, -0.1) is 11.6 Å². The number of nitrogens with zero attached hydrogens (tertiary/aromatic N) is 1. The molecule has 0 radical (unpaired) electrons. The van der Waals surface area contributed by atoms with Crippen LogP contribution in [0.25, 0.3) is 0 Å². The molecule has 0 saturated carbocycles. The Bertz CT molecular complexity index is 437. The zero-order valence-corrected chi connectivity index (χ0v) is 10.7. The molecule has 4 heteroatoms. The molecule has 90 valence electrons. The second-order valence-corrected chi connectivity index (χ2v) is 4.83. The summed E-state index contributed by atoms with van der Waals surface area (Å²) in [4.78, 5) is 11.8. The van der Waals surface area contributed by atoms with Crippen molar-refractivity contribution >= 4 is 17.5 Å². The first-order valence-corrected chi connectivity index (χ1v) is 5.91. The average molecular weight is 251 g/mol. The van der Waals surface area contributed by atoms with E-state index < -0.39 is 0 Å². The number of carbonyl (C=O) groups is 1. The van der Waals surface area contributed by atoms with Gasteiger partial charge in [-0.3, -0.25) is 4.79 Å². The van der Waals surface area contributed by atoms with E-state index in [-0.39, 0.29) is 17.3 Å². The predicted octanol–water partition coefficient (Wildman–Crippen LogP) is 2.69. The molecule has 0 saturated heterocycles. The topological polar surface area (TPSA) is 52.9 Å². The van der Waals surface area contributed by atoms with Gasteiger partial charge in [0.25, 0.3) is 5.91 Å². The Hall–Kier alpha value is -1.53. The number of hydrogen-bond acceptors (Lipinski definition) is 2. The van der Waals surface area contributed by atoms with Crippen molar-refractivity contribution < 1.29 is 4.79 Å². The molecule has 1 aromatic carbocycles. The average Bonchev–Trinajstić information content (AvgIpc) is 2.27. The third kappa shape index (κ3) is 4.46. The molecular weight excluding hydrogens is 236 g/mol. The number of rotatable bonds is 4. The summed E-state index contributed by atoms with van der Waals surface area (Å²) in [6.07, 6.45) is 0.714. The van der Waals surface area contributed by atoms with E-state index in [1.54, 1.807) is 24.3 Å². The summed E-state index contributed by atoms with van der Waals surface area (Å²) in [6, 6.07) is 8.65. The maximum atomic E-state index is 11.8. The third-order valence-electron chi connectivity index (χ3n) is 2.31. The van der Waals surface area contributed by atoms with Crippen LogP contribution in [0.4, 0.5) is 0 Å². The SMILES string of the molecule is CC(Cl)CC(C)NC(=O)c1cccc(C#N)c1. The first-order valence-electron chi connectivity index (χ1n) is 5.48. The van der Waals surface area contributed by atoms with Crippen LogP contribution in [0.5, 0.6) is 0 Å². The molecule has 1 rings (SSSR count). The number of nitriles is 1. The van der Waals surface area contributed by atoms with Crippen molar-refractivity contribution in [2.45, 2.75) is 31.7 Å². The van der Waals surface area contributed by atoms with Crippen LogP contribution >= 0.6 is 11.6 Å². The molecule has 2 atom stereocenters. The van der Waals surface area contributed by atoms with Crippen LogP contribution in [-0.2, 0) is 0 Å². The van der Waals surface area contributed by atoms with Crippen LogP contribution < -0.4 is 5.32 Å². The Morgan fingerprint density at radius 1 is 1.53 bits per heavy atom. The molecule has 3 nitrogen and oxygen atoms in total. The predicted molar refractivity (Wildman–Crippen MR) is 68.0 cm³/mol. The monoisotopic (exact) mass is 250 g/mol. The molecule has 17 heavy (non-hydrogen) atoms. The minimum atomic E-state index is -0.174. The van der Waals surface area contributed by atoms with Gasteiger partial charge in [-0.05, 0) is 38.5 Å². The highest BCUT2D eigenvalue weighted by Crippen LogP contribution is 2.07. The van der Waals surface area contributed by atoms with E-state index >= 15 is 0 Å². The van der Waals surface area contributed by atoms with Gasteiger partial charge < -0.3 is 5.32 Å². The van der Waals surface area contributed by atoms with Crippen LogP contribution in [0, 0.1) is 11.3 Å². The standard InChI is InChI=1S/C13H15ClN2O/c1-9(14)6-10(2)16-13(17)12-5-3-4-11(7-12)8-15/h3-5,7,9-10H,6H2,1-2H3,(H,16,17). The van der Waals surface area contributed by atoms with Gasteiger partial charge >= 0.3 is 0 Å². The summed E-state index contributed by atoms with van der Waals surface area (Å²) >= 11 is 5.86. The van der Waals surface area contributed by atoms with Gasteiger partial charge in [0, 0.05) is 17.0 Å². The lowest BCUT2D eigenvalue weighted by Gasteiger charge is -2.15. The maximum absolute atomic E-state index is 11.8. The molecule has 2 unspecified atom stereocenters. The van der Waals surface area contributed by atoms with E-state index in [1.165, 1.54) is 0 Å². The van der Waals surface area contributed by atoms with E-state index in [1.807, 2.05) is 19.9 Å². The molecule has 0 aromatic heterocycles. The van der Waals surface area contributed by atoms with Gasteiger partial charge in [0.15, 0.2) is 0 Å². The number of halogens is 1. The van der Waals surface area contributed by atoms with Crippen LogP contribution in [0.1, 0.15) is 36.2 Å². The molecule has 1 amide bonds. The van der Waals surface area contributed by atoms with Crippen molar-refractivity contribution in [3.8, 4) is 6.07 Å². The maximum Gasteiger partial charge on any atom is 0.251 e. The van der Waals surface area contributed by atoms with E-state index in [0.29, 0.717) is 17.5 Å². The fourth-order valence-corrected chi connectivity index (χ4v) is 1.85. The highest BCUT2D eigenvalue weighted by molar-refractivity contribution is 6.20. The van der Waals surface area contributed by atoms with Gasteiger partial charge in [0.1, 0.15) is 0 Å². The van der Waals surface area contributed by atoms with Crippen molar-refractivity contribution in [1.29, 1.82) is 5.26 Å². The Morgan fingerprint density at radius 3 is 2.82 bits per heavy atom. The minimum Gasteiger partial charge on any atom is -0.350 e. The zero-order valence-electron chi connectivity index (χ0n) is 9.90. The zero-order chi connectivity index (χ0) is 12.8. The fraction of sp³-hybridized carbons (Fsp3) is 0.385. The summed E-state index contributed by atoms with van der Waals surface area (Å²) in [7, 11) is 0. The first kappa shape index (κ1) is 13.5. The van der Waals surface area contributed by atoms with Gasteiger partial charge in [0.05, 0.1) is 11.6 Å². The number of carbonyl (C=O) groups excluding carboxylic acids is 1. The van der Waals surface area contributed by atoms with Crippen molar-refractivity contribution in [3.05, 3.63) is 35.4 Å². The Balaban J connectivity index is 2.67. The molecule has 0 aliphatic carbocycles. The van der Waals surface area contributed by atoms with E-state index in [9.17, 15) is 4.79 Å². The first-order chi connectivity index (χ1) is 8.02. The van der Waals surface area contributed by atoms with Crippen LogP contribution in [0.3, 0.4) is 0 Å². The Morgan fingerprint density at radius 2 is 2.24 bits per heavy atom. The minimum absolute atomic E-state index is 0.0146. The largest absolute Gasteiger partial charge is 0.350 e. The highest BCUT2D eigenvalue weighted by Gasteiger charge is 2.11. The van der Waals surface area contributed by atoms with Gasteiger partial charge in [-0.2, -0.15) is 5.26 Å². The smallest absolute Gasteiger partial charge is 0.251 e. The van der Waals surface area contributed by atoms with E-state index in [0.717, 1.165) is 0 Å². The quantitative estimate of drug-likeness (QED) is 0.836.